The predicted octanol–water partition coefficient (Wildman–Crippen LogP) is 6.49. The van der Waals surface area contributed by atoms with Gasteiger partial charge in [0.1, 0.15) is 18.0 Å². The van der Waals surface area contributed by atoms with E-state index in [0.29, 0.717) is 23.3 Å². The van der Waals surface area contributed by atoms with Crippen LogP contribution >= 0.6 is 11.6 Å². The highest BCUT2D eigenvalue weighted by Gasteiger charge is 2.23. The minimum atomic E-state index is -0.158. The molecule has 7 nitrogen and oxygen atoms in total. The molecule has 0 spiro atoms. The average Bonchev–Trinajstić information content (AvgIpc) is 3.55. The van der Waals surface area contributed by atoms with Gasteiger partial charge in [-0.3, -0.25) is 4.79 Å². The molecule has 1 aliphatic rings. The molecular weight excluding hydrogens is 472 g/mol. The topological polar surface area (TPSA) is 76.2 Å². The molecule has 0 atom stereocenters. The van der Waals surface area contributed by atoms with Crippen LogP contribution in [-0.4, -0.2) is 24.8 Å². The Morgan fingerprint density at radius 1 is 1.08 bits per heavy atom. The lowest BCUT2D eigenvalue weighted by atomic mass is 10.2. The Hall–Kier alpha value is -3.84. The van der Waals surface area contributed by atoms with Gasteiger partial charge >= 0.3 is 0 Å². The fourth-order valence-electron chi connectivity index (χ4n) is 4.24. The number of anilines is 2. The van der Waals surface area contributed by atoms with Crippen molar-refractivity contribution in [1.82, 2.24) is 18.9 Å². The van der Waals surface area contributed by atoms with E-state index >= 15 is 0 Å². The number of nitrogens with one attached hydrogen (secondary N) is 2. The molecule has 1 fully saturated rings. The van der Waals surface area contributed by atoms with Crippen molar-refractivity contribution in [2.24, 2.45) is 0 Å². The maximum Gasteiger partial charge on any atom is 0.245 e. The summed E-state index contributed by atoms with van der Waals surface area (Å²) in [4.78, 5) is 21.6. The molecular formula is C28H29ClN6O. The van der Waals surface area contributed by atoms with Gasteiger partial charge in [0.15, 0.2) is 0 Å². The maximum absolute atomic E-state index is 12.6. The Morgan fingerprint density at radius 2 is 1.94 bits per heavy atom. The van der Waals surface area contributed by atoms with E-state index in [1.165, 1.54) is 18.4 Å². The molecule has 1 amide bonds. The van der Waals surface area contributed by atoms with Crippen molar-refractivity contribution in [2.75, 3.05) is 10.6 Å². The van der Waals surface area contributed by atoms with Gasteiger partial charge in [0.05, 0.1) is 12.2 Å². The van der Waals surface area contributed by atoms with Crippen LogP contribution in [-0.2, 0) is 17.9 Å². The van der Waals surface area contributed by atoms with Crippen LogP contribution < -0.4 is 10.6 Å². The number of imidazole rings is 1. The normalized spacial score (nSPS) is 12.9. The molecule has 184 valence electrons. The summed E-state index contributed by atoms with van der Waals surface area (Å²) in [5.74, 6) is 1.05. The van der Waals surface area contributed by atoms with Gasteiger partial charge in [-0.2, -0.15) is 0 Å². The Labute approximate surface area is 215 Å². The summed E-state index contributed by atoms with van der Waals surface area (Å²) in [6.45, 7) is 4.75. The molecule has 5 aromatic rings. The van der Waals surface area contributed by atoms with Gasteiger partial charge in [-0.25, -0.2) is 9.97 Å². The summed E-state index contributed by atoms with van der Waals surface area (Å²) in [5.41, 5.74) is 5.06. The molecule has 1 saturated carbocycles. The fraction of sp³-hybridized carbons (Fsp3) is 0.250. The molecule has 1 aromatic carbocycles. The molecule has 8 heteroatoms. The smallest absolute Gasteiger partial charge is 0.245 e. The van der Waals surface area contributed by atoms with Crippen molar-refractivity contribution in [3.8, 4) is 0 Å². The number of amides is 1. The van der Waals surface area contributed by atoms with E-state index in [4.69, 9.17) is 16.6 Å². The van der Waals surface area contributed by atoms with E-state index in [1.807, 2.05) is 61.0 Å². The largest absolute Gasteiger partial charge is 0.379 e. The number of carbonyl (C=O) groups excluding carboxylic acids is 1. The zero-order chi connectivity index (χ0) is 25.1. The Bertz CT molecular complexity index is 1520. The van der Waals surface area contributed by atoms with Crippen LogP contribution in [0.5, 0.6) is 0 Å². The lowest BCUT2D eigenvalue weighted by Gasteiger charge is -2.09. The minimum Gasteiger partial charge on any atom is -0.379 e. The lowest BCUT2D eigenvalue weighted by Crippen LogP contribution is -2.19. The molecule has 1 aliphatic carbocycles. The summed E-state index contributed by atoms with van der Waals surface area (Å²) >= 11 is 6.11. The van der Waals surface area contributed by atoms with Crippen molar-refractivity contribution < 1.29 is 4.79 Å². The number of fused-ring (bicyclic) bond motifs is 2. The van der Waals surface area contributed by atoms with E-state index in [1.54, 1.807) is 6.20 Å². The van der Waals surface area contributed by atoms with Gasteiger partial charge in [-0.05, 0) is 60.0 Å². The third-order valence-electron chi connectivity index (χ3n) is 6.12. The van der Waals surface area contributed by atoms with E-state index in [9.17, 15) is 4.79 Å². The quantitative estimate of drug-likeness (QED) is 0.268. The predicted molar refractivity (Wildman–Crippen MR) is 146 cm³/mol. The van der Waals surface area contributed by atoms with Crippen LogP contribution in [0.25, 0.3) is 16.6 Å². The first-order valence-corrected chi connectivity index (χ1v) is 12.7. The molecule has 0 saturated heterocycles. The van der Waals surface area contributed by atoms with Crippen LogP contribution in [0, 0.1) is 0 Å². The molecule has 0 unspecified atom stereocenters. The number of halogens is 1. The van der Waals surface area contributed by atoms with E-state index in [0.717, 1.165) is 27.9 Å². The van der Waals surface area contributed by atoms with Crippen molar-refractivity contribution in [2.45, 2.75) is 45.7 Å². The SMILES string of the molecule is CC.O=C(Cn1ccc2ccc(Cl)cc21)Nc1cc(NCc2cn3cc(C4CC4)ccc3n2)ccn1. The summed E-state index contributed by atoms with van der Waals surface area (Å²) < 4.78 is 3.97. The third kappa shape index (κ3) is 5.36. The molecule has 2 N–H and O–H groups in total. The van der Waals surface area contributed by atoms with Gasteiger partial charge < -0.3 is 19.6 Å². The van der Waals surface area contributed by atoms with Crippen molar-refractivity contribution in [3.05, 3.63) is 89.6 Å². The lowest BCUT2D eigenvalue weighted by molar-refractivity contribution is -0.116. The van der Waals surface area contributed by atoms with Gasteiger partial charge in [-0.1, -0.05) is 37.6 Å². The number of rotatable bonds is 7. The third-order valence-corrected chi connectivity index (χ3v) is 6.36. The van der Waals surface area contributed by atoms with Crippen LogP contribution in [0.4, 0.5) is 11.5 Å². The van der Waals surface area contributed by atoms with Crippen molar-refractivity contribution in [1.29, 1.82) is 0 Å². The Balaban J connectivity index is 0.00000130. The van der Waals surface area contributed by atoms with E-state index < -0.39 is 0 Å². The van der Waals surface area contributed by atoms with Gasteiger partial charge in [-0.15, -0.1) is 0 Å². The highest BCUT2D eigenvalue weighted by molar-refractivity contribution is 6.31. The zero-order valence-corrected chi connectivity index (χ0v) is 21.2. The van der Waals surface area contributed by atoms with E-state index in [2.05, 4.69) is 44.5 Å². The first kappa shape index (κ1) is 23.9. The highest BCUT2D eigenvalue weighted by atomic mass is 35.5. The number of benzene rings is 1. The summed E-state index contributed by atoms with van der Waals surface area (Å²) in [5, 5.41) is 7.93. The standard InChI is InChI=1S/C26H23ClN6O.C2H6/c27-20-5-3-18-8-10-32(23(18)11-20)16-26(34)31-24-12-21(7-9-28-24)29-13-22-15-33-14-19(17-1-2-17)4-6-25(33)30-22;1-2/h3-12,14-15,17H,1-2,13,16H2,(H2,28,29,31,34);1-2H3. The average molecular weight is 501 g/mol. The van der Waals surface area contributed by atoms with Crippen LogP contribution in [0.15, 0.2) is 73.3 Å². The second kappa shape index (κ2) is 10.4. The summed E-state index contributed by atoms with van der Waals surface area (Å²) in [7, 11) is 0. The number of hydrogen-bond acceptors (Lipinski definition) is 4. The Kier molecular flexibility index (Phi) is 6.91. The minimum absolute atomic E-state index is 0.158. The van der Waals surface area contributed by atoms with Gasteiger partial charge in [0.25, 0.3) is 0 Å². The number of nitrogens with zero attached hydrogens (tertiary/aromatic N) is 4. The molecule has 6 rings (SSSR count). The molecule has 0 radical (unpaired) electrons. The van der Waals surface area contributed by atoms with Crippen LogP contribution in [0.1, 0.15) is 43.9 Å². The monoisotopic (exact) mass is 500 g/mol. The molecule has 36 heavy (non-hydrogen) atoms. The van der Waals surface area contributed by atoms with Crippen LogP contribution in [0.3, 0.4) is 0 Å². The highest BCUT2D eigenvalue weighted by Crippen LogP contribution is 2.39. The first-order chi connectivity index (χ1) is 17.6. The number of carbonyl (C=O) groups is 1. The molecule has 0 aliphatic heterocycles. The number of hydrogen-bond donors (Lipinski definition) is 2. The second-order valence-corrected chi connectivity index (χ2v) is 9.15. The number of aromatic nitrogens is 4. The maximum atomic E-state index is 12.6. The second-order valence-electron chi connectivity index (χ2n) is 8.71. The van der Waals surface area contributed by atoms with Crippen molar-refractivity contribution in [3.63, 3.8) is 0 Å². The van der Waals surface area contributed by atoms with E-state index in [-0.39, 0.29) is 12.5 Å². The fourth-order valence-corrected chi connectivity index (χ4v) is 4.40. The Morgan fingerprint density at radius 3 is 2.78 bits per heavy atom. The van der Waals surface area contributed by atoms with Gasteiger partial charge in [0.2, 0.25) is 5.91 Å². The molecule has 0 bridgehead atoms. The summed E-state index contributed by atoms with van der Waals surface area (Å²) in [6, 6.07) is 15.6. The van der Waals surface area contributed by atoms with Gasteiger partial charge in [0, 0.05) is 47.1 Å². The zero-order valence-electron chi connectivity index (χ0n) is 20.4. The molecule has 4 heterocycles. The first-order valence-electron chi connectivity index (χ1n) is 12.3. The number of pyridine rings is 2. The van der Waals surface area contributed by atoms with Crippen LogP contribution in [0.2, 0.25) is 5.02 Å². The van der Waals surface area contributed by atoms with Crippen molar-refractivity contribution >= 4 is 45.6 Å². The summed E-state index contributed by atoms with van der Waals surface area (Å²) in [6.07, 6.45) is 10.4. The molecule has 4 aromatic heterocycles.